The van der Waals surface area contributed by atoms with Crippen LogP contribution in [0.2, 0.25) is 0 Å². The van der Waals surface area contributed by atoms with Crippen LogP contribution in [0, 0.1) is 5.82 Å². The second-order valence-electron chi connectivity index (χ2n) is 4.05. The third-order valence-corrected chi connectivity index (χ3v) is 2.85. The van der Waals surface area contributed by atoms with E-state index in [1.165, 1.54) is 19.2 Å². The number of pyridine rings is 1. The van der Waals surface area contributed by atoms with Crippen molar-refractivity contribution in [2.24, 2.45) is 0 Å². The lowest BCUT2D eigenvalue weighted by atomic mass is 10.1. The molecule has 1 heterocycles. The lowest BCUT2D eigenvalue weighted by Crippen LogP contribution is -2.01. The molecule has 0 radical (unpaired) electrons. The molecule has 0 aliphatic rings. The van der Waals surface area contributed by atoms with E-state index in [1.807, 2.05) is 19.9 Å². The van der Waals surface area contributed by atoms with Gasteiger partial charge in [-0.05, 0) is 25.5 Å². The van der Waals surface area contributed by atoms with E-state index in [0.717, 1.165) is 29.7 Å². The molecule has 3 nitrogen and oxygen atoms in total. The van der Waals surface area contributed by atoms with E-state index in [9.17, 15) is 4.39 Å². The van der Waals surface area contributed by atoms with Crippen molar-refractivity contribution in [1.29, 1.82) is 0 Å². The number of halogens is 1. The number of methoxy groups -OCH3 is 1. The molecule has 96 valence electrons. The zero-order valence-electron chi connectivity index (χ0n) is 10.9. The molecule has 0 saturated carbocycles. The van der Waals surface area contributed by atoms with E-state index in [-0.39, 0.29) is 5.82 Å². The second-order valence-corrected chi connectivity index (χ2v) is 4.05. The Morgan fingerprint density at radius 2 is 2.06 bits per heavy atom. The molecule has 0 aliphatic carbocycles. The highest BCUT2D eigenvalue weighted by molar-refractivity contribution is 5.95. The maximum absolute atomic E-state index is 13.6. The minimum atomic E-state index is -0.315. The third-order valence-electron chi connectivity index (χ3n) is 2.85. The normalized spacial score (nSPS) is 10.7. The van der Waals surface area contributed by atoms with Gasteiger partial charge in [0.2, 0.25) is 0 Å². The Hall–Kier alpha value is -1.84. The summed E-state index contributed by atoms with van der Waals surface area (Å²) in [5.74, 6) is 0.156. The van der Waals surface area contributed by atoms with Gasteiger partial charge in [0.25, 0.3) is 0 Å². The highest BCUT2D eigenvalue weighted by Gasteiger charge is 2.11. The van der Waals surface area contributed by atoms with Gasteiger partial charge in [0.05, 0.1) is 7.11 Å². The summed E-state index contributed by atoms with van der Waals surface area (Å²) in [5.41, 5.74) is 2.56. The first-order valence-electron chi connectivity index (χ1n) is 6.10. The summed E-state index contributed by atoms with van der Waals surface area (Å²) in [6.45, 7) is 4.83. The SMILES string of the molecule is CCNc1cc(CC)nc2c(OC)cc(F)cc12. The van der Waals surface area contributed by atoms with E-state index in [4.69, 9.17) is 4.74 Å². The Kier molecular flexibility index (Phi) is 3.65. The van der Waals surface area contributed by atoms with Crippen LogP contribution in [0.4, 0.5) is 10.1 Å². The number of nitrogens with zero attached hydrogens (tertiary/aromatic N) is 1. The van der Waals surface area contributed by atoms with Crippen LogP contribution in [0.15, 0.2) is 18.2 Å². The molecule has 0 atom stereocenters. The Morgan fingerprint density at radius 3 is 2.67 bits per heavy atom. The van der Waals surface area contributed by atoms with Crippen molar-refractivity contribution in [2.45, 2.75) is 20.3 Å². The number of anilines is 1. The highest BCUT2D eigenvalue weighted by Crippen LogP contribution is 2.31. The van der Waals surface area contributed by atoms with Crippen molar-refractivity contribution >= 4 is 16.6 Å². The van der Waals surface area contributed by atoms with E-state index < -0.39 is 0 Å². The molecular formula is C14H17FN2O. The summed E-state index contributed by atoms with van der Waals surface area (Å²) in [5, 5.41) is 4.00. The average Bonchev–Trinajstić information content (AvgIpc) is 2.38. The number of rotatable bonds is 4. The van der Waals surface area contributed by atoms with Gasteiger partial charge in [0.1, 0.15) is 17.1 Å². The van der Waals surface area contributed by atoms with E-state index >= 15 is 0 Å². The summed E-state index contributed by atoms with van der Waals surface area (Å²) < 4.78 is 18.8. The van der Waals surface area contributed by atoms with Gasteiger partial charge in [-0.1, -0.05) is 6.92 Å². The van der Waals surface area contributed by atoms with E-state index in [0.29, 0.717) is 11.3 Å². The van der Waals surface area contributed by atoms with Gasteiger partial charge < -0.3 is 10.1 Å². The molecule has 0 spiro atoms. The Bertz CT molecular complexity index is 569. The smallest absolute Gasteiger partial charge is 0.148 e. The Balaban J connectivity index is 2.76. The van der Waals surface area contributed by atoms with Gasteiger partial charge in [-0.2, -0.15) is 0 Å². The van der Waals surface area contributed by atoms with E-state index in [2.05, 4.69) is 10.3 Å². The number of benzene rings is 1. The first kappa shape index (κ1) is 12.6. The van der Waals surface area contributed by atoms with Gasteiger partial charge in [0, 0.05) is 29.4 Å². The van der Waals surface area contributed by atoms with Crippen molar-refractivity contribution in [3.63, 3.8) is 0 Å². The molecule has 2 aromatic rings. The molecule has 18 heavy (non-hydrogen) atoms. The van der Waals surface area contributed by atoms with Crippen LogP contribution in [0.5, 0.6) is 5.75 Å². The first-order chi connectivity index (χ1) is 8.69. The summed E-state index contributed by atoms with van der Waals surface area (Å²) in [7, 11) is 1.53. The topological polar surface area (TPSA) is 34.2 Å². The largest absolute Gasteiger partial charge is 0.494 e. The average molecular weight is 248 g/mol. The molecule has 0 unspecified atom stereocenters. The van der Waals surface area contributed by atoms with Crippen LogP contribution in [0.3, 0.4) is 0 Å². The minimum absolute atomic E-state index is 0.315. The summed E-state index contributed by atoms with van der Waals surface area (Å²) in [6.07, 6.45) is 0.828. The molecule has 1 aromatic heterocycles. The van der Waals surface area contributed by atoms with Crippen LogP contribution < -0.4 is 10.1 Å². The van der Waals surface area contributed by atoms with E-state index in [1.54, 1.807) is 0 Å². The molecule has 2 rings (SSSR count). The molecule has 0 bridgehead atoms. The minimum Gasteiger partial charge on any atom is -0.494 e. The first-order valence-corrected chi connectivity index (χ1v) is 6.10. The van der Waals surface area contributed by atoms with Gasteiger partial charge in [-0.15, -0.1) is 0 Å². The maximum Gasteiger partial charge on any atom is 0.148 e. The fourth-order valence-electron chi connectivity index (χ4n) is 1.99. The maximum atomic E-state index is 13.6. The molecule has 0 amide bonds. The van der Waals surface area contributed by atoms with Crippen LogP contribution in [0.1, 0.15) is 19.5 Å². The summed E-state index contributed by atoms with van der Waals surface area (Å²) in [6, 6.07) is 4.82. The van der Waals surface area contributed by atoms with Gasteiger partial charge in [-0.25, -0.2) is 9.37 Å². The number of aryl methyl sites for hydroxylation is 1. The van der Waals surface area contributed by atoms with Crippen molar-refractivity contribution in [3.8, 4) is 5.75 Å². The molecular weight excluding hydrogens is 231 g/mol. The number of nitrogens with one attached hydrogen (secondary N) is 1. The van der Waals surface area contributed by atoms with Gasteiger partial charge >= 0.3 is 0 Å². The quantitative estimate of drug-likeness (QED) is 0.900. The molecule has 0 saturated heterocycles. The van der Waals surface area contributed by atoms with Gasteiger partial charge in [-0.3, -0.25) is 0 Å². The highest BCUT2D eigenvalue weighted by atomic mass is 19.1. The zero-order chi connectivity index (χ0) is 13.1. The number of fused-ring (bicyclic) bond motifs is 1. The Morgan fingerprint density at radius 1 is 1.28 bits per heavy atom. The third kappa shape index (κ3) is 2.23. The number of hydrogen-bond donors (Lipinski definition) is 1. The van der Waals surface area contributed by atoms with Crippen molar-refractivity contribution in [1.82, 2.24) is 4.98 Å². The molecule has 0 fully saturated rings. The fraction of sp³-hybridized carbons (Fsp3) is 0.357. The van der Waals surface area contributed by atoms with Crippen LogP contribution in [-0.4, -0.2) is 18.6 Å². The lowest BCUT2D eigenvalue weighted by Gasteiger charge is -2.12. The van der Waals surface area contributed by atoms with Crippen LogP contribution in [0.25, 0.3) is 10.9 Å². The molecule has 0 aliphatic heterocycles. The van der Waals surface area contributed by atoms with Crippen molar-refractivity contribution in [3.05, 3.63) is 29.7 Å². The Labute approximate surface area is 106 Å². The monoisotopic (exact) mass is 248 g/mol. The van der Waals surface area contributed by atoms with Crippen molar-refractivity contribution in [2.75, 3.05) is 19.0 Å². The molecule has 1 N–H and O–H groups in total. The van der Waals surface area contributed by atoms with Crippen LogP contribution >= 0.6 is 0 Å². The number of aromatic nitrogens is 1. The summed E-state index contributed by atoms with van der Waals surface area (Å²) in [4.78, 5) is 4.52. The predicted molar refractivity (Wildman–Crippen MR) is 71.8 cm³/mol. The second kappa shape index (κ2) is 5.21. The fourth-order valence-corrected chi connectivity index (χ4v) is 1.99. The standard InChI is InChI=1S/C14H17FN2O/c1-4-10-8-12(16-5-2)11-6-9(15)7-13(18-3)14(11)17-10/h6-8H,4-5H2,1-3H3,(H,16,17). The predicted octanol–water partition coefficient (Wildman–Crippen LogP) is 3.38. The number of hydrogen-bond acceptors (Lipinski definition) is 3. The van der Waals surface area contributed by atoms with Crippen LogP contribution in [-0.2, 0) is 6.42 Å². The summed E-state index contributed by atoms with van der Waals surface area (Å²) >= 11 is 0. The zero-order valence-corrected chi connectivity index (χ0v) is 10.9. The molecule has 4 heteroatoms. The number of ether oxygens (including phenoxy) is 1. The van der Waals surface area contributed by atoms with Gasteiger partial charge in [0.15, 0.2) is 0 Å². The van der Waals surface area contributed by atoms with Crippen molar-refractivity contribution < 1.29 is 9.13 Å². The molecule has 1 aromatic carbocycles. The lowest BCUT2D eigenvalue weighted by molar-refractivity contribution is 0.415.